The standard InChI is InChI=1S/C17H23N5O2/c1-4-19-16(23)13-7-5-6-12(8-13)9-20-17(24)15(18-2)14-10-21-22(3)11-14/h5-8,10-11,15,18H,4,9H2,1-3H3,(H,19,23)(H,20,24). The predicted molar refractivity (Wildman–Crippen MR) is 91.3 cm³/mol. The molecular formula is C17H23N5O2. The third-order valence-electron chi connectivity index (χ3n) is 3.60. The summed E-state index contributed by atoms with van der Waals surface area (Å²) in [6.45, 7) is 2.80. The molecule has 2 rings (SSSR count). The highest BCUT2D eigenvalue weighted by atomic mass is 16.2. The van der Waals surface area contributed by atoms with Gasteiger partial charge in [-0.3, -0.25) is 14.3 Å². The third kappa shape index (κ3) is 4.42. The summed E-state index contributed by atoms with van der Waals surface area (Å²) < 4.78 is 1.66. The van der Waals surface area contributed by atoms with E-state index in [1.807, 2.05) is 19.1 Å². The van der Waals surface area contributed by atoms with Gasteiger partial charge >= 0.3 is 0 Å². The summed E-state index contributed by atoms with van der Waals surface area (Å²) in [5, 5.41) is 12.7. The second kappa shape index (κ2) is 8.26. The molecule has 0 saturated carbocycles. The maximum absolute atomic E-state index is 12.4. The lowest BCUT2D eigenvalue weighted by Gasteiger charge is -2.15. The van der Waals surface area contributed by atoms with Crippen LogP contribution in [0.4, 0.5) is 0 Å². The summed E-state index contributed by atoms with van der Waals surface area (Å²) in [6.07, 6.45) is 3.47. The topological polar surface area (TPSA) is 88.1 Å². The largest absolute Gasteiger partial charge is 0.352 e. The monoisotopic (exact) mass is 329 g/mol. The molecule has 2 amide bonds. The maximum Gasteiger partial charge on any atom is 0.251 e. The molecule has 0 radical (unpaired) electrons. The Morgan fingerprint density at radius 2 is 2.08 bits per heavy atom. The van der Waals surface area contributed by atoms with Crippen molar-refractivity contribution in [1.82, 2.24) is 25.7 Å². The lowest BCUT2D eigenvalue weighted by Crippen LogP contribution is -2.35. The zero-order chi connectivity index (χ0) is 17.5. The van der Waals surface area contributed by atoms with Crippen molar-refractivity contribution in [3.63, 3.8) is 0 Å². The van der Waals surface area contributed by atoms with Crippen molar-refractivity contribution in [2.45, 2.75) is 19.5 Å². The van der Waals surface area contributed by atoms with Crippen molar-refractivity contribution in [2.24, 2.45) is 7.05 Å². The van der Waals surface area contributed by atoms with Crippen molar-refractivity contribution in [2.75, 3.05) is 13.6 Å². The van der Waals surface area contributed by atoms with Crippen LogP contribution in [0.15, 0.2) is 36.7 Å². The summed E-state index contributed by atoms with van der Waals surface area (Å²) >= 11 is 0. The molecule has 24 heavy (non-hydrogen) atoms. The minimum Gasteiger partial charge on any atom is -0.352 e. The summed E-state index contributed by atoms with van der Waals surface area (Å²) in [4.78, 5) is 24.2. The fourth-order valence-electron chi connectivity index (χ4n) is 2.41. The van der Waals surface area contributed by atoms with Crippen molar-refractivity contribution in [1.29, 1.82) is 0 Å². The second-order valence-corrected chi connectivity index (χ2v) is 5.45. The Bertz CT molecular complexity index is 711. The van der Waals surface area contributed by atoms with E-state index in [0.717, 1.165) is 11.1 Å². The third-order valence-corrected chi connectivity index (χ3v) is 3.60. The van der Waals surface area contributed by atoms with Gasteiger partial charge in [0.05, 0.1) is 6.20 Å². The number of aromatic nitrogens is 2. The van der Waals surface area contributed by atoms with E-state index >= 15 is 0 Å². The van der Waals surface area contributed by atoms with Crippen LogP contribution >= 0.6 is 0 Å². The molecule has 2 aromatic rings. The number of nitrogens with zero attached hydrogens (tertiary/aromatic N) is 2. The van der Waals surface area contributed by atoms with E-state index in [1.165, 1.54) is 0 Å². The molecule has 0 saturated heterocycles. The van der Waals surface area contributed by atoms with Crippen LogP contribution in [0.3, 0.4) is 0 Å². The molecule has 3 N–H and O–H groups in total. The minimum atomic E-state index is -0.467. The molecule has 0 aliphatic rings. The molecule has 1 aromatic heterocycles. The number of hydrogen-bond acceptors (Lipinski definition) is 4. The van der Waals surface area contributed by atoms with E-state index in [0.29, 0.717) is 18.7 Å². The van der Waals surface area contributed by atoms with Crippen LogP contribution in [-0.4, -0.2) is 35.2 Å². The van der Waals surface area contributed by atoms with Crippen molar-refractivity contribution < 1.29 is 9.59 Å². The quantitative estimate of drug-likeness (QED) is 0.699. The van der Waals surface area contributed by atoms with Crippen molar-refractivity contribution >= 4 is 11.8 Å². The Balaban J connectivity index is 2.00. The first-order valence-electron chi connectivity index (χ1n) is 7.85. The molecule has 1 heterocycles. The Morgan fingerprint density at radius 1 is 1.29 bits per heavy atom. The number of hydrogen-bond donors (Lipinski definition) is 3. The fourth-order valence-corrected chi connectivity index (χ4v) is 2.41. The number of rotatable bonds is 7. The van der Waals surface area contributed by atoms with Gasteiger partial charge in [-0.1, -0.05) is 12.1 Å². The van der Waals surface area contributed by atoms with E-state index in [4.69, 9.17) is 0 Å². The number of aryl methyl sites for hydroxylation is 1. The van der Waals surface area contributed by atoms with Crippen molar-refractivity contribution in [3.05, 3.63) is 53.3 Å². The van der Waals surface area contributed by atoms with E-state index < -0.39 is 6.04 Å². The second-order valence-electron chi connectivity index (χ2n) is 5.45. The Labute approximate surface area is 141 Å². The molecule has 1 aromatic carbocycles. The van der Waals surface area contributed by atoms with Crippen LogP contribution in [0.5, 0.6) is 0 Å². The minimum absolute atomic E-state index is 0.117. The Kier molecular flexibility index (Phi) is 6.08. The van der Waals surface area contributed by atoms with Gasteiger partial charge in [0.15, 0.2) is 0 Å². The Morgan fingerprint density at radius 3 is 2.71 bits per heavy atom. The molecule has 1 atom stereocenters. The van der Waals surface area contributed by atoms with E-state index in [2.05, 4.69) is 21.0 Å². The Hall–Kier alpha value is -2.67. The van der Waals surface area contributed by atoms with Gasteiger partial charge in [-0.25, -0.2) is 0 Å². The average Bonchev–Trinajstić information content (AvgIpc) is 3.00. The molecule has 7 nitrogen and oxygen atoms in total. The van der Waals surface area contributed by atoms with Gasteiger partial charge < -0.3 is 16.0 Å². The van der Waals surface area contributed by atoms with E-state index in [9.17, 15) is 9.59 Å². The zero-order valence-electron chi connectivity index (χ0n) is 14.2. The summed E-state index contributed by atoms with van der Waals surface area (Å²) in [6, 6.07) is 6.75. The number of amides is 2. The molecule has 128 valence electrons. The van der Waals surface area contributed by atoms with Gasteiger partial charge in [0.25, 0.3) is 5.91 Å². The number of benzene rings is 1. The van der Waals surface area contributed by atoms with Gasteiger partial charge in [-0.15, -0.1) is 0 Å². The molecule has 0 aliphatic carbocycles. The van der Waals surface area contributed by atoms with Gasteiger partial charge in [-0.2, -0.15) is 5.10 Å². The van der Waals surface area contributed by atoms with Gasteiger partial charge in [0.1, 0.15) is 6.04 Å². The number of nitrogens with one attached hydrogen (secondary N) is 3. The molecule has 0 fully saturated rings. The summed E-state index contributed by atoms with van der Waals surface area (Å²) in [7, 11) is 3.54. The van der Waals surface area contributed by atoms with Crippen LogP contribution in [0.2, 0.25) is 0 Å². The highest BCUT2D eigenvalue weighted by Crippen LogP contribution is 2.12. The smallest absolute Gasteiger partial charge is 0.251 e. The van der Waals surface area contributed by atoms with Crippen LogP contribution in [-0.2, 0) is 18.4 Å². The highest BCUT2D eigenvalue weighted by Gasteiger charge is 2.19. The van der Waals surface area contributed by atoms with Crippen LogP contribution in [0.25, 0.3) is 0 Å². The van der Waals surface area contributed by atoms with Crippen LogP contribution < -0.4 is 16.0 Å². The molecular weight excluding hydrogens is 306 g/mol. The number of carbonyl (C=O) groups is 2. The van der Waals surface area contributed by atoms with Crippen molar-refractivity contribution in [3.8, 4) is 0 Å². The van der Waals surface area contributed by atoms with E-state index in [1.54, 1.807) is 43.3 Å². The van der Waals surface area contributed by atoms with Crippen LogP contribution in [0.1, 0.15) is 34.5 Å². The molecule has 0 aliphatic heterocycles. The average molecular weight is 329 g/mol. The lowest BCUT2D eigenvalue weighted by molar-refractivity contribution is -0.123. The van der Waals surface area contributed by atoms with Gasteiger partial charge in [0.2, 0.25) is 5.91 Å². The predicted octanol–water partition coefficient (Wildman–Crippen LogP) is 0.747. The fraction of sp³-hybridized carbons (Fsp3) is 0.353. The van der Waals surface area contributed by atoms with Gasteiger partial charge in [-0.05, 0) is 31.7 Å². The first-order valence-corrected chi connectivity index (χ1v) is 7.85. The summed E-state index contributed by atoms with van der Waals surface area (Å²) in [5.74, 6) is -0.261. The first kappa shape index (κ1) is 17.7. The summed E-state index contributed by atoms with van der Waals surface area (Å²) in [5.41, 5.74) is 2.25. The first-order chi connectivity index (χ1) is 11.5. The molecule has 1 unspecified atom stereocenters. The molecule has 0 bridgehead atoms. The lowest BCUT2D eigenvalue weighted by atomic mass is 10.1. The number of carbonyl (C=O) groups excluding carboxylic acids is 2. The molecule has 0 spiro atoms. The SMILES string of the molecule is CCNC(=O)c1cccc(CNC(=O)C(NC)c2cnn(C)c2)c1. The van der Waals surface area contributed by atoms with Crippen LogP contribution in [0, 0.1) is 0 Å². The normalized spacial score (nSPS) is 11.8. The van der Waals surface area contributed by atoms with Gasteiger partial charge in [0, 0.05) is 37.5 Å². The van der Waals surface area contributed by atoms with E-state index in [-0.39, 0.29) is 11.8 Å². The highest BCUT2D eigenvalue weighted by molar-refractivity contribution is 5.94. The number of likely N-dealkylation sites (N-methyl/N-ethyl adjacent to an activating group) is 1. The zero-order valence-corrected chi connectivity index (χ0v) is 14.2. The maximum atomic E-state index is 12.4. The molecule has 7 heteroatoms.